The molecular formula is C14H26N2OS. The van der Waals surface area contributed by atoms with Crippen LogP contribution in [0.5, 0.6) is 0 Å². The van der Waals surface area contributed by atoms with Crippen molar-refractivity contribution in [3.63, 3.8) is 0 Å². The number of hydrogen-bond acceptors (Lipinski definition) is 3. The van der Waals surface area contributed by atoms with E-state index in [0.29, 0.717) is 23.5 Å². The van der Waals surface area contributed by atoms with Crippen LogP contribution in [0.15, 0.2) is 4.99 Å². The van der Waals surface area contributed by atoms with Crippen molar-refractivity contribution < 1.29 is 4.74 Å². The van der Waals surface area contributed by atoms with Crippen LogP contribution >= 0.6 is 11.8 Å². The first-order valence-corrected chi connectivity index (χ1v) is 8.01. The summed E-state index contributed by atoms with van der Waals surface area (Å²) in [5.41, 5.74) is 0.311. The lowest BCUT2D eigenvalue weighted by atomic mass is 9.85. The van der Waals surface area contributed by atoms with Gasteiger partial charge in [-0.3, -0.25) is 4.99 Å². The molecule has 2 fully saturated rings. The summed E-state index contributed by atoms with van der Waals surface area (Å²) in [7, 11) is 0. The van der Waals surface area contributed by atoms with Crippen molar-refractivity contribution in [3.05, 3.63) is 0 Å². The van der Waals surface area contributed by atoms with Crippen molar-refractivity contribution in [1.82, 2.24) is 5.32 Å². The van der Waals surface area contributed by atoms with Crippen molar-refractivity contribution in [2.24, 2.45) is 16.3 Å². The molecule has 3 unspecified atom stereocenters. The molecule has 4 heteroatoms. The zero-order valence-electron chi connectivity index (χ0n) is 12.0. The highest BCUT2D eigenvalue weighted by atomic mass is 32.2. The molecule has 2 saturated heterocycles. The summed E-state index contributed by atoms with van der Waals surface area (Å²) in [5, 5.41) is 4.74. The Morgan fingerprint density at radius 3 is 2.78 bits per heavy atom. The fourth-order valence-corrected chi connectivity index (χ4v) is 3.43. The molecule has 3 nitrogen and oxygen atoms in total. The number of nitrogens with one attached hydrogen (secondary N) is 1. The SMILES string of the molecule is CC1OCCC1CN=C1NC(C(C)(C)C)CCS1. The first kappa shape index (κ1) is 14.2. The topological polar surface area (TPSA) is 33.6 Å². The third kappa shape index (κ3) is 3.64. The fourth-order valence-electron chi connectivity index (χ4n) is 2.49. The first-order valence-electron chi connectivity index (χ1n) is 7.02. The lowest BCUT2D eigenvalue weighted by Gasteiger charge is -2.35. The molecule has 0 spiro atoms. The maximum absolute atomic E-state index is 5.58. The molecule has 0 saturated carbocycles. The van der Waals surface area contributed by atoms with Gasteiger partial charge in [0.2, 0.25) is 0 Å². The van der Waals surface area contributed by atoms with Gasteiger partial charge in [0.1, 0.15) is 0 Å². The first-order chi connectivity index (χ1) is 8.47. The summed E-state index contributed by atoms with van der Waals surface area (Å²) in [6.45, 7) is 10.9. The van der Waals surface area contributed by atoms with E-state index in [2.05, 4.69) is 33.0 Å². The summed E-state index contributed by atoms with van der Waals surface area (Å²) in [5.74, 6) is 1.79. The third-order valence-corrected chi connectivity index (χ3v) is 4.95. The highest BCUT2D eigenvalue weighted by Gasteiger charge is 2.29. The van der Waals surface area contributed by atoms with E-state index in [0.717, 1.165) is 24.7 Å². The number of amidine groups is 1. The van der Waals surface area contributed by atoms with Crippen molar-refractivity contribution in [1.29, 1.82) is 0 Å². The molecule has 0 aromatic heterocycles. The Balaban J connectivity index is 1.88. The molecule has 18 heavy (non-hydrogen) atoms. The van der Waals surface area contributed by atoms with Crippen LogP contribution in [0.25, 0.3) is 0 Å². The van der Waals surface area contributed by atoms with Crippen LogP contribution in [0.4, 0.5) is 0 Å². The Bertz CT molecular complexity index is 311. The van der Waals surface area contributed by atoms with E-state index in [1.807, 2.05) is 11.8 Å². The second-order valence-electron chi connectivity index (χ2n) is 6.47. The molecule has 2 aliphatic rings. The molecule has 2 rings (SSSR count). The van der Waals surface area contributed by atoms with E-state index in [1.54, 1.807) is 0 Å². The van der Waals surface area contributed by atoms with E-state index in [1.165, 1.54) is 12.2 Å². The molecule has 3 atom stereocenters. The van der Waals surface area contributed by atoms with Crippen molar-refractivity contribution in [3.8, 4) is 0 Å². The van der Waals surface area contributed by atoms with Gasteiger partial charge in [-0.15, -0.1) is 0 Å². The zero-order chi connectivity index (χ0) is 13.2. The predicted octanol–water partition coefficient (Wildman–Crippen LogP) is 2.91. The van der Waals surface area contributed by atoms with Gasteiger partial charge < -0.3 is 10.1 Å². The van der Waals surface area contributed by atoms with Gasteiger partial charge in [0.15, 0.2) is 5.17 Å². The summed E-state index contributed by atoms with van der Waals surface area (Å²) >= 11 is 1.87. The Morgan fingerprint density at radius 2 is 2.17 bits per heavy atom. The Hall–Kier alpha value is -0.220. The minimum absolute atomic E-state index is 0.311. The van der Waals surface area contributed by atoms with Crippen LogP contribution in [0.3, 0.4) is 0 Å². The average molecular weight is 270 g/mol. The second-order valence-corrected chi connectivity index (χ2v) is 7.55. The Labute approximate surface area is 115 Å². The quantitative estimate of drug-likeness (QED) is 0.837. The van der Waals surface area contributed by atoms with Crippen LogP contribution in [0, 0.1) is 11.3 Å². The summed E-state index contributed by atoms with van der Waals surface area (Å²) in [6.07, 6.45) is 2.77. The molecule has 0 aromatic carbocycles. The molecule has 0 amide bonds. The molecule has 0 aromatic rings. The van der Waals surface area contributed by atoms with Gasteiger partial charge in [0.05, 0.1) is 6.10 Å². The Morgan fingerprint density at radius 1 is 1.39 bits per heavy atom. The highest BCUT2D eigenvalue weighted by Crippen LogP contribution is 2.28. The number of ether oxygens (including phenoxy) is 1. The lowest BCUT2D eigenvalue weighted by Crippen LogP contribution is -2.46. The van der Waals surface area contributed by atoms with E-state index >= 15 is 0 Å². The van der Waals surface area contributed by atoms with E-state index in [-0.39, 0.29) is 0 Å². The molecule has 2 aliphatic heterocycles. The molecule has 0 bridgehead atoms. The van der Waals surface area contributed by atoms with Gasteiger partial charge in [-0.1, -0.05) is 32.5 Å². The van der Waals surface area contributed by atoms with Crippen LogP contribution in [0.2, 0.25) is 0 Å². The van der Waals surface area contributed by atoms with Crippen LogP contribution in [-0.2, 0) is 4.74 Å². The highest BCUT2D eigenvalue weighted by molar-refractivity contribution is 8.13. The maximum Gasteiger partial charge on any atom is 0.156 e. The maximum atomic E-state index is 5.58. The standard InChI is InChI=1S/C14H26N2OS/c1-10-11(5-7-17-10)9-15-13-16-12(6-8-18-13)14(2,3)4/h10-12H,5-9H2,1-4H3,(H,15,16). The molecule has 0 radical (unpaired) electrons. The molecule has 104 valence electrons. The van der Waals surface area contributed by atoms with Gasteiger partial charge in [-0.25, -0.2) is 0 Å². The normalized spacial score (nSPS) is 35.8. The van der Waals surface area contributed by atoms with Crippen molar-refractivity contribution >= 4 is 16.9 Å². The molecule has 0 aliphatic carbocycles. The minimum atomic E-state index is 0.311. The van der Waals surface area contributed by atoms with Crippen molar-refractivity contribution in [2.45, 2.75) is 52.7 Å². The molecule has 2 heterocycles. The second kappa shape index (κ2) is 5.83. The largest absolute Gasteiger partial charge is 0.378 e. The van der Waals surface area contributed by atoms with Gasteiger partial charge in [-0.2, -0.15) is 0 Å². The van der Waals surface area contributed by atoms with Gasteiger partial charge in [-0.05, 0) is 25.2 Å². The number of aliphatic imine (C=N–C) groups is 1. The summed E-state index contributed by atoms with van der Waals surface area (Å²) < 4.78 is 5.58. The number of hydrogen-bond donors (Lipinski definition) is 1. The Kier molecular flexibility index (Phi) is 4.59. The van der Waals surface area contributed by atoms with E-state index in [9.17, 15) is 0 Å². The zero-order valence-corrected chi connectivity index (χ0v) is 12.8. The lowest BCUT2D eigenvalue weighted by molar-refractivity contribution is 0.107. The van der Waals surface area contributed by atoms with Gasteiger partial charge >= 0.3 is 0 Å². The van der Waals surface area contributed by atoms with Gasteiger partial charge in [0.25, 0.3) is 0 Å². The summed E-state index contributed by atoms with van der Waals surface area (Å²) in [6, 6.07) is 0.551. The molecule has 1 N–H and O–H groups in total. The average Bonchev–Trinajstić information content (AvgIpc) is 2.72. The van der Waals surface area contributed by atoms with Crippen LogP contribution < -0.4 is 5.32 Å². The smallest absolute Gasteiger partial charge is 0.156 e. The van der Waals surface area contributed by atoms with E-state index in [4.69, 9.17) is 9.73 Å². The van der Waals surface area contributed by atoms with E-state index < -0.39 is 0 Å². The monoisotopic (exact) mass is 270 g/mol. The summed E-state index contributed by atoms with van der Waals surface area (Å²) in [4.78, 5) is 4.77. The van der Waals surface area contributed by atoms with Gasteiger partial charge in [0, 0.05) is 30.9 Å². The van der Waals surface area contributed by atoms with Crippen LogP contribution in [-0.4, -0.2) is 36.2 Å². The number of thioether (sulfide) groups is 1. The number of nitrogens with zero attached hydrogens (tertiary/aromatic N) is 1. The molecular weight excluding hydrogens is 244 g/mol. The van der Waals surface area contributed by atoms with Crippen molar-refractivity contribution in [2.75, 3.05) is 18.9 Å². The number of rotatable bonds is 2. The third-order valence-electron chi connectivity index (χ3n) is 3.99. The van der Waals surface area contributed by atoms with Crippen LogP contribution in [0.1, 0.15) is 40.5 Å². The fraction of sp³-hybridized carbons (Fsp3) is 0.929. The predicted molar refractivity (Wildman–Crippen MR) is 79.3 cm³/mol. The minimum Gasteiger partial charge on any atom is -0.378 e.